The number of likely N-dealkylation sites (N-methyl/N-ethyl adjacent to an activating group) is 1. The molecule has 1 fully saturated rings. The third-order valence-electron chi connectivity index (χ3n) is 3.20. The van der Waals surface area contributed by atoms with Gasteiger partial charge in [0.1, 0.15) is 5.54 Å². The molecule has 16 heavy (non-hydrogen) atoms. The number of ether oxygens (including phenoxy) is 1. The van der Waals surface area contributed by atoms with Crippen LogP contribution >= 0.6 is 0 Å². The van der Waals surface area contributed by atoms with E-state index in [1.807, 2.05) is 20.9 Å². The number of likely N-dealkylation sites (tertiary alicyclic amines) is 1. The largest absolute Gasteiger partial charge is 0.377 e. The summed E-state index contributed by atoms with van der Waals surface area (Å²) in [7, 11) is 1.84. The van der Waals surface area contributed by atoms with Crippen molar-refractivity contribution in [3.63, 3.8) is 0 Å². The van der Waals surface area contributed by atoms with E-state index in [-0.39, 0.29) is 0 Å². The lowest BCUT2D eigenvalue weighted by atomic mass is 10.0. The van der Waals surface area contributed by atoms with E-state index in [0.717, 1.165) is 39.1 Å². The lowest BCUT2D eigenvalue weighted by Crippen LogP contribution is -2.52. The Hall–Kier alpha value is -0.630. The van der Waals surface area contributed by atoms with Crippen LogP contribution in [0.1, 0.15) is 26.7 Å². The molecule has 2 atom stereocenters. The van der Waals surface area contributed by atoms with E-state index in [1.165, 1.54) is 0 Å². The topological polar surface area (TPSA) is 48.3 Å². The van der Waals surface area contributed by atoms with Gasteiger partial charge in [0.05, 0.1) is 12.2 Å². The zero-order valence-electron chi connectivity index (χ0n) is 10.6. The monoisotopic (exact) mass is 225 g/mol. The van der Waals surface area contributed by atoms with Crippen LogP contribution in [-0.2, 0) is 4.74 Å². The maximum absolute atomic E-state index is 9.11. The summed E-state index contributed by atoms with van der Waals surface area (Å²) >= 11 is 0. The molecule has 1 aliphatic rings. The molecule has 92 valence electrons. The van der Waals surface area contributed by atoms with Gasteiger partial charge in [0.2, 0.25) is 0 Å². The van der Waals surface area contributed by atoms with Gasteiger partial charge in [0.25, 0.3) is 0 Å². The molecular formula is C12H23N3O. The quantitative estimate of drug-likeness (QED) is 0.758. The minimum absolute atomic E-state index is 0.346. The number of nitrogens with one attached hydrogen (secondary N) is 1. The fourth-order valence-corrected chi connectivity index (χ4v) is 2.15. The molecule has 0 aliphatic carbocycles. The first kappa shape index (κ1) is 13.4. The molecule has 0 aromatic rings. The van der Waals surface area contributed by atoms with E-state index in [0.29, 0.717) is 6.10 Å². The van der Waals surface area contributed by atoms with Gasteiger partial charge in [-0.3, -0.25) is 4.90 Å². The first-order valence-electron chi connectivity index (χ1n) is 6.07. The molecule has 2 unspecified atom stereocenters. The van der Waals surface area contributed by atoms with Crippen LogP contribution in [0.2, 0.25) is 0 Å². The summed E-state index contributed by atoms with van der Waals surface area (Å²) in [6, 6.07) is 2.33. The second-order valence-corrected chi connectivity index (χ2v) is 4.65. The summed E-state index contributed by atoms with van der Waals surface area (Å²) in [5, 5.41) is 12.2. The van der Waals surface area contributed by atoms with Crippen molar-refractivity contribution in [1.29, 1.82) is 5.26 Å². The van der Waals surface area contributed by atoms with Crippen molar-refractivity contribution < 1.29 is 4.74 Å². The molecule has 4 nitrogen and oxygen atoms in total. The minimum Gasteiger partial charge on any atom is -0.377 e. The van der Waals surface area contributed by atoms with E-state index in [4.69, 9.17) is 10.00 Å². The summed E-state index contributed by atoms with van der Waals surface area (Å²) in [5.41, 5.74) is -0.450. The molecule has 0 spiro atoms. The van der Waals surface area contributed by atoms with Gasteiger partial charge in [-0.05, 0) is 40.3 Å². The van der Waals surface area contributed by atoms with Crippen LogP contribution in [0.4, 0.5) is 0 Å². The predicted octanol–water partition coefficient (Wildman–Crippen LogP) is 0.989. The molecule has 0 saturated carbocycles. The van der Waals surface area contributed by atoms with Gasteiger partial charge < -0.3 is 10.1 Å². The number of nitriles is 1. The first-order chi connectivity index (χ1) is 7.63. The number of hydrogen-bond donors (Lipinski definition) is 1. The summed E-state index contributed by atoms with van der Waals surface area (Å²) in [6.07, 6.45) is 2.65. The normalized spacial score (nSPS) is 26.0. The van der Waals surface area contributed by atoms with Gasteiger partial charge in [-0.1, -0.05) is 0 Å². The molecule has 1 saturated heterocycles. The standard InChI is InChI=1S/C12H23N3O/c1-4-16-11-6-5-7-15(8-11)10-12(2,9-13)14-3/h11,14H,4-8,10H2,1-3H3. The Labute approximate surface area is 98.6 Å². The molecular weight excluding hydrogens is 202 g/mol. The summed E-state index contributed by atoms with van der Waals surface area (Å²) < 4.78 is 5.65. The highest BCUT2D eigenvalue weighted by Gasteiger charge is 2.28. The average molecular weight is 225 g/mol. The fraction of sp³-hybridized carbons (Fsp3) is 0.917. The third kappa shape index (κ3) is 3.75. The van der Waals surface area contributed by atoms with Gasteiger partial charge in [0.15, 0.2) is 0 Å². The van der Waals surface area contributed by atoms with Gasteiger partial charge in [0, 0.05) is 19.7 Å². The molecule has 1 N–H and O–H groups in total. The minimum atomic E-state index is -0.450. The second kappa shape index (κ2) is 6.19. The van der Waals surface area contributed by atoms with Crippen LogP contribution < -0.4 is 5.32 Å². The highest BCUT2D eigenvalue weighted by Crippen LogP contribution is 2.15. The number of rotatable bonds is 5. The van der Waals surface area contributed by atoms with Crippen LogP contribution in [0, 0.1) is 11.3 Å². The van der Waals surface area contributed by atoms with E-state index in [9.17, 15) is 0 Å². The summed E-state index contributed by atoms with van der Waals surface area (Å²) in [6.45, 7) is 7.54. The molecule has 0 bridgehead atoms. The lowest BCUT2D eigenvalue weighted by Gasteiger charge is -2.36. The van der Waals surface area contributed by atoms with Crippen molar-refractivity contribution in [2.75, 3.05) is 33.3 Å². The van der Waals surface area contributed by atoms with E-state index >= 15 is 0 Å². The number of piperidine rings is 1. The Morgan fingerprint density at radius 2 is 2.38 bits per heavy atom. The van der Waals surface area contributed by atoms with Crippen molar-refractivity contribution in [3.05, 3.63) is 0 Å². The molecule has 0 aromatic carbocycles. The van der Waals surface area contributed by atoms with Crippen LogP contribution in [0.3, 0.4) is 0 Å². The van der Waals surface area contributed by atoms with Gasteiger partial charge in [-0.25, -0.2) is 0 Å². The molecule has 0 aromatic heterocycles. The van der Waals surface area contributed by atoms with Crippen LogP contribution in [0.15, 0.2) is 0 Å². The zero-order valence-corrected chi connectivity index (χ0v) is 10.6. The van der Waals surface area contributed by atoms with Crippen LogP contribution in [0.25, 0.3) is 0 Å². The third-order valence-corrected chi connectivity index (χ3v) is 3.20. The van der Waals surface area contributed by atoms with E-state index in [2.05, 4.69) is 16.3 Å². The maximum Gasteiger partial charge on any atom is 0.116 e. The molecule has 1 aliphatic heterocycles. The second-order valence-electron chi connectivity index (χ2n) is 4.65. The van der Waals surface area contributed by atoms with Crippen LogP contribution in [0.5, 0.6) is 0 Å². The maximum atomic E-state index is 9.11. The van der Waals surface area contributed by atoms with Crippen molar-refractivity contribution in [2.24, 2.45) is 0 Å². The van der Waals surface area contributed by atoms with Crippen molar-refractivity contribution in [3.8, 4) is 6.07 Å². The molecule has 1 heterocycles. The molecule has 0 radical (unpaired) electrons. The average Bonchev–Trinajstić information content (AvgIpc) is 2.30. The lowest BCUT2D eigenvalue weighted by molar-refractivity contribution is 0.00185. The van der Waals surface area contributed by atoms with E-state index in [1.54, 1.807) is 0 Å². The summed E-state index contributed by atoms with van der Waals surface area (Å²) in [4.78, 5) is 2.32. The van der Waals surface area contributed by atoms with Gasteiger partial charge in [-0.15, -0.1) is 0 Å². The zero-order chi connectivity index (χ0) is 12.0. The van der Waals surface area contributed by atoms with Crippen molar-refractivity contribution in [1.82, 2.24) is 10.2 Å². The molecule has 0 amide bonds. The summed E-state index contributed by atoms with van der Waals surface area (Å²) in [5.74, 6) is 0. The van der Waals surface area contributed by atoms with E-state index < -0.39 is 5.54 Å². The Kier molecular flexibility index (Phi) is 5.20. The van der Waals surface area contributed by atoms with Gasteiger partial charge in [-0.2, -0.15) is 5.26 Å². The first-order valence-corrected chi connectivity index (χ1v) is 6.07. The Morgan fingerprint density at radius 3 is 2.94 bits per heavy atom. The Morgan fingerprint density at radius 1 is 1.62 bits per heavy atom. The van der Waals surface area contributed by atoms with Crippen LogP contribution in [-0.4, -0.2) is 49.8 Å². The van der Waals surface area contributed by atoms with Crippen molar-refractivity contribution in [2.45, 2.75) is 38.3 Å². The highest BCUT2D eigenvalue weighted by molar-refractivity contribution is 5.05. The van der Waals surface area contributed by atoms with Gasteiger partial charge >= 0.3 is 0 Å². The van der Waals surface area contributed by atoms with Crippen molar-refractivity contribution >= 4 is 0 Å². The molecule has 4 heteroatoms. The number of hydrogen-bond acceptors (Lipinski definition) is 4. The number of nitrogens with zero attached hydrogens (tertiary/aromatic N) is 2. The Bertz CT molecular complexity index is 249. The fourth-order valence-electron chi connectivity index (χ4n) is 2.15. The molecule has 1 rings (SSSR count). The predicted molar refractivity (Wildman–Crippen MR) is 64.2 cm³/mol. The highest BCUT2D eigenvalue weighted by atomic mass is 16.5. The smallest absolute Gasteiger partial charge is 0.116 e. The SMILES string of the molecule is CCOC1CCCN(CC(C)(C#N)NC)C1. The Balaban J connectivity index is 2.45.